The third kappa shape index (κ3) is 4.97. The minimum absolute atomic E-state index is 0.00195. The zero-order valence-corrected chi connectivity index (χ0v) is 20.8. The van der Waals surface area contributed by atoms with E-state index in [0.29, 0.717) is 30.3 Å². The molecule has 13 heteroatoms. The summed E-state index contributed by atoms with van der Waals surface area (Å²) in [6.07, 6.45) is -2.20. The van der Waals surface area contributed by atoms with Crippen LogP contribution in [0.5, 0.6) is 0 Å². The Hall–Kier alpha value is -3.87. The summed E-state index contributed by atoms with van der Waals surface area (Å²) in [7, 11) is 1.90. The molecule has 1 atom stereocenters. The molecule has 38 heavy (non-hydrogen) atoms. The van der Waals surface area contributed by atoms with Crippen molar-refractivity contribution >= 4 is 23.3 Å². The molecular formula is C25H27F4N5O4. The number of nitrogens with zero attached hydrogens (tertiary/aromatic N) is 4. The van der Waals surface area contributed by atoms with Crippen LogP contribution in [0.25, 0.3) is 11.3 Å². The topological polar surface area (TPSA) is 112 Å². The molecule has 0 saturated carbocycles. The van der Waals surface area contributed by atoms with Crippen LogP contribution in [-0.2, 0) is 0 Å². The van der Waals surface area contributed by atoms with Crippen molar-refractivity contribution < 1.29 is 32.3 Å². The zero-order valence-electron chi connectivity index (χ0n) is 20.8. The third-order valence-corrected chi connectivity index (χ3v) is 7.10. The maximum Gasteiger partial charge on any atom is 0.407 e. The molecule has 3 heterocycles. The molecule has 2 aliphatic rings. The molecule has 0 bridgehead atoms. The molecule has 3 N–H and O–H groups in total. The molecule has 0 radical (unpaired) electrons. The van der Waals surface area contributed by atoms with E-state index in [1.165, 1.54) is 6.08 Å². The molecule has 204 valence electrons. The Bertz CT molecular complexity index is 1380. The number of carbonyl (C=O) groups excluding carboxylic acids is 1. The van der Waals surface area contributed by atoms with E-state index in [-0.39, 0.29) is 36.8 Å². The van der Waals surface area contributed by atoms with Gasteiger partial charge in [-0.05, 0) is 26.0 Å². The van der Waals surface area contributed by atoms with E-state index in [1.54, 1.807) is 4.90 Å². The van der Waals surface area contributed by atoms with E-state index >= 15 is 8.78 Å². The van der Waals surface area contributed by atoms with Crippen molar-refractivity contribution in [2.24, 2.45) is 5.73 Å². The van der Waals surface area contributed by atoms with Crippen LogP contribution in [-0.4, -0.2) is 77.3 Å². The maximum absolute atomic E-state index is 16.3. The van der Waals surface area contributed by atoms with Gasteiger partial charge in [-0.3, -0.25) is 14.2 Å². The normalized spacial score (nSPS) is 18.6. The molecule has 0 unspecified atom stereocenters. The van der Waals surface area contributed by atoms with Crippen LogP contribution in [0.3, 0.4) is 0 Å². The van der Waals surface area contributed by atoms with Crippen LogP contribution in [0.1, 0.15) is 41.3 Å². The molecule has 1 fully saturated rings. The first kappa shape index (κ1) is 27.2. The minimum atomic E-state index is -3.18. The number of piperazine rings is 1. The molecule has 2 aromatic rings. The Kier molecular flexibility index (Phi) is 7.49. The van der Waals surface area contributed by atoms with E-state index in [2.05, 4.69) is 0 Å². The molecule has 2 aliphatic heterocycles. The number of pyridine rings is 1. The number of benzene rings is 1. The number of aromatic nitrogens is 1. The first-order valence-corrected chi connectivity index (χ1v) is 11.9. The smallest absolute Gasteiger partial charge is 0.407 e. The molecule has 2 amide bonds. The Morgan fingerprint density at radius 1 is 1.16 bits per heavy atom. The monoisotopic (exact) mass is 537 g/mol. The number of halogens is 4. The number of primary amides is 1. The van der Waals surface area contributed by atoms with Crippen molar-refractivity contribution in [3.8, 4) is 5.69 Å². The van der Waals surface area contributed by atoms with E-state index in [1.807, 2.05) is 18.9 Å². The lowest BCUT2D eigenvalue weighted by Gasteiger charge is -2.40. The molecule has 0 spiro atoms. The zero-order chi connectivity index (χ0) is 27.9. The number of carbonyl (C=O) groups is 2. The fraction of sp³-hybridized carbons (Fsp3) is 0.400. The number of anilines is 1. The van der Waals surface area contributed by atoms with Gasteiger partial charge in [-0.1, -0.05) is 6.08 Å². The highest BCUT2D eigenvalue weighted by Gasteiger charge is 2.31. The van der Waals surface area contributed by atoms with Gasteiger partial charge in [0, 0.05) is 62.7 Å². The van der Waals surface area contributed by atoms with E-state index in [0.717, 1.165) is 17.2 Å². The summed E-state index contributed by atoms with van der Waals surface area (Å²) in [5.41, 5.74) is 2.02. The van der Waals surface area contributed by atoms with Gasteiger partial charge in [0.15, 0.2) is 5.82 Å². The quantitative estimate of drug-likeness (QED) is 0.568. The van der Waals surface area contributed by atoms with Gasteiger partial charge in [0.1, 0.15) is 11.5 Å². The Labute approximate surface area is 215 Å². The number of hydrogen-bond donors (Lipinski definition) is 2. The Morgan fingerprint density at radius 2 is 1.87 bits per heavy atom. The number of alkyl halides is 2. The molecule has 0 aliphatic carbocycles. The average molecular weight is 538 g/mol. The largest absolute Gasteiger partial charge is 0.465 e. The van der Waals surface area contributed by atoms with Gasteiger partial charge in [-0.15, -0.1) is 0 Å². The van der Waals surface area contributed by atoms with Crippen LogP contribution < -0.4 is 16.2 Å². The van der Waals surface area contributed by atoms with Crippen molar-refractivity contribution in [3.63, 3.8) is 0 Å². The highest BCUT2D eigenvalue weighted by molar-refractivity contribution is 5.94. The van der Waals surface area contributed by atoms with Gasteiger partial charge in [-0.25, -0.2) is 22.4 Å². The lowest BCUT2D eigenvalue weighted by molar-refractivity contribution is 0.0985. The predicted molar refractivity (Wildman–Crippen MR) is 132 cm³/mol. The maximum atomic E-state index is 16.3. The van der Waals surface area contributed by atoms with E-state index in [9.17, 15) is 28.3 Å². The van der Waals surface area contributed by atoms with Crippen molar-refractivity contribution in [1.29, 1.82) is 0 Å². The summed E-state index contributed by atoms with van der Waals surface area (Å²) in [6.45, 7) is 3.09. The number of amides is 2. The van der Waals surface area contributed by atoms with Crippen LogP contribution >= 0.6 is 0 Å². The average Bonchev–Trinajstić information content (AvgIpc) is 2.85. The second-order valence-corrected chi connectivity index (χ2v) is 9.41. The fourth-order valence-corrected chi connectivity index (χ4v) is 4.81. The van der Waals surface area contributed by atoms with Crippen molar-refractivity contribution in [3.05, 3.63) is 63.1 Å². The van der Waals surface area contributed by atoms with E-state index in [4.69, 9.17) is 5.73 Å². The standard InChI is InChI=1S/C25H27F4N5O4/c1-13-11-33(8-7-31(13)2)18-10-17(26)20(14-3-5-32(6-4-14)25(37)38)21(27)22(18)34-12-16(24(30)36)15(23(28)29)9-19(34)35/h3,9-10,12-13,23H,4-8,11H2,1-2H3,(H2,30,36)(H,37,38)/t13-/m0/s1. The summed E-state index contributed by atoms with van der Waals surface area (Å²) in [6, 6.07) is 1.59. The molecular weight excluding hydrogens is 510 g/mol. The van der Waals surface area contributed by atoms with Crippen LogP contribution in [0.4, 0.5) is 28.0 Å². The number of hydrogen-bond acceptors (Lipinski definition) is 5. The van der Waals surface area contributed by atoms with E-state index < -0.39 is 58.0 Å². The number of rotatable bonds is 5. The minimum Gasteiger partial charge on any atom is -0.465 e. The van der Waals surface area contributed by atoms with Crippen LogP contribution in [0, 0.1) is 11.6 Å². The fourth-order valence-electron chi connectivity index (χ4n) is 4.81. The third-order valence-electron chi connectivity index (χ3n) is 7.10. The highest BCUT2D eigenvalue weighted by Crippen LogP contribution is 2.37. The molecule has 9 nitrogen and oxygen atoms in total. The summed E-state index contributed by atoms with van der Waals surface area (Å²) < 4.78 is 59.7. The molecule has 1 aromatic heterocycles. The van der Waals surface area contributed by atoms with Crippen LogP contribution in [0.15, 0.2) is 29.2 Å². The second kappa shape index (κ2) is 10.5. The number of nitrogens with two attached hydrogens (primary N) is 1. The van der Waals surface area contributed by atoms with Crippen molar-refractivity contribution in [2.45, 2.75) is 25.8 Å². The highest BCUT2D eigenvalue weighted by atomic mass is 19.3. The van der Waals surface area contributed by atoms with Gasteiger partial charge in [0.05, 0.1) is 16.8 Å². The summed E-state index contributed by atoms with van der Waals surface area (Å²) in [5.74, 6) is -3.30. The number of likely N-dealkylation sites (N-methyl/N-ethyl adjacent to an activating group) is 1. The molecule has 4 rings (SSSR count). The van der Waals surface area contributed by atoms with Gasteiger partial charge in [0.2, 0.25) is 0 Å². The van der Waals surface area contributed by atoms with Gasteiger partial charge in [-0.2, -0.15) is 0 Å². The second-order valence-electron chi connectivity index (χ2n) is 9.41. The lowest BCUT2D eigenvalue weighted by Crippen LogP contribution is -2.50. The van der Waals surface area contributed by atoms with Crippen molar-refractivity contribution in [2.75, 3.05) is 44.7 Å². The first-order valence-electron chi connectivity index (χ1n) is 11.9. The summed E-state index contributed by atoms with van der Waals surface area (Å²) >= 11 is 0. The SMILES string of the molecule is C[C@H]1CN(c2cc(F)c(C3=CCN(C(=O)O)CC3)c(F)c2-n2cc(C(N)=O)c(C(F)F)cc2=O)CCN1C. The molecule has 1 aromatic carbocycles. The predicted octanol–water partition coefficient (Wildman–Crippen LogP) is 3.06. The van der Waals surface area contributed by atoms with Gasteiger partial charge < -0.3 is 25.5 Å². The Morgan fingerprint density at radius 3 is 2.42 bits per heavy atom. The lowest BCUT2D eigenvalue weighted by atomic mass is 9.96. The Balaban J connectivity index is 1.97. The van der Waals surface area contributed by atoms with Gasteiger partial charge >= 0.3 is 6.09 Å². The van der Waals surface area contributed by atoms with Crippen LogP contribution in [0.2, 0.25) is 0 Å². The summed E-state index contributed by atoms with van der Waals surface area (Å²) in [4.78, 5) is 41.0. The first-order chi connectivity index (χ1) is 17.9. The van der Waals surface area contributed by atoms with Crippen molar-refractivity contribution in [1.82, 2.24) is 14.4 Å². The number of carboxylic acid groups (broad SMARTS) is 1. The molecule has 1 saturated heterocycles. The summed E-state index contributed by atoms with van der Waals surface area (Å²) in [5, 5.41) is 9.19. The van der Waals surface area contributed by atoms with Gasteiger partial charge in [0.25, 0.3) is 17.9 Å².